The highest BCUT2D eigenvalue weighted by molar-refractivity contribution is 6.17. The molecule has 0 fully saturated rings. The van der Waals surface area contributed by atoms with Gasteiger partial charge in [-0.2, -0.15) is 0 Å². The summed E-state index contributed by atoms with van der Waals surface area (Å²) in [5.74, 6) is 0.00631. The van der Waals surface area contributed by atoms with E-state index in [-0.39, 0.29) is 5.78 Å². The largest absolute Gasteiger partial charge is 0.290 e. The Kier molecular flexibility index (Phi) is 3.84. The summed E-state index contributed by atoms with van der Waals surface area (Å²) in [5, 5.41) is 0. The zero-order valence-corrected chi connectivity index (χ0v) is 12.7. The lowest BCUT2D eigenvalue weighted by Crippen LogP contribution is -1.99. The molecule has 22 heavy (non-hydrogen) atoms. The van der Waals surface area contributed by atoms with Crippen molar-refractivity contribution in [2.45, 2.75) is 13.8 Å². The third-order valence-electron chi connectivity index (χ3n) is 3.68. The second-order valence-corrected chi connectivity index (χ2v) is 5.43. The third-order valence-corrected chi connectivity index (χ3v) is 3.68. The van der Waals surface area contributed by atoms with Gasteiger partial charge in [-0.3, -0.25) is 4.79 Å². The highest BCUT2D eigenvalue weighted by Crippen LogP contribution is 2.30. The van der Waals surface area contributed by atoms with Crippen LogP contribution in [0, 0.1) is 13.8 Å². The molecule has 2 heteroatoms. The molecule has 2 aromatic carbocycles. The Morgan fingerprint density at radius 3 is 1.95 bits per heavy atom. The highest BCUT2D eigenvalue weighted by atomic mass is 16.1. The Labute approximate surface area is 130 Å². The lowest BCUT2D eigenvalue weighted by atomic mass is 9.99. The van der Waals surface area contributed by atoms with E-state index in [0.717, 1.165) is 22.5 Å². The average Bonchev–Trinajstić information content (AvgIpc) is 2.53. The smallest absolute Gasteiger partial charge is 0.178 e. The summed E-state index contributed by atoms with van der Waals surface area (Å²) in [6, 6.07) is 14.6. The number of aryl methyl sites for hydroxylation is 2. The maximum Gasteiger partial charge on any atom is 0.178 e. The van der Waals surface area contributed by atoms with Gasteiger partial charge in [0.05, 0.1) is 11.4 Å². The first-order chi connectivity index (χ1) is 10.6. The van der Waals surface area contributed by atoms with E-state index in [1.165, 1.54) is 11.1 Å². The van der Waals surface area contributed by atoms with Gasteiger partial charge in [-0.1, -0.05) is 30.3 Å². The molecule has 1 aliphatic rings. The maximum absolute atomic E-state index is 11.2. The molecule has 0 heterocycles. The van der Waals surface area contributed by atoms with Crippen molar-refractivity contribution in [2.75, 3.05) is 0 Å². The molecule has 0 amide bonds. The van der Waals surface area contributed by atoms with Gasteiger partial charge in [0.15, 0.2) is 5.78 Å². The topological polar surface area (TPSA) is 29.4 Å². The van der Waals surface area contributed by atoms with Crippen LogP contribution in [0.4, 0.5) is 5.69 Å². The third kappa shape index (κ3) is 2.96. The molecule has 108 valence electrons. The molecule has 0 spiro atoms. The minimum atomic E-state index is 0.00631. The summed E-state index contributed by atoms with van der Waals surface area (Å²) in [6.07, 6.45) is 6.60. The minimum absolute atomic E-state index is 0.00631. The first-order valence-corrected chi connectivity index (χ1v) is 7.29. The Morgan fingerprint density at radius 1 is 0.773 bits per heavy atom. The predicted octanol–water partition coefficient (Wildman–Crippen LogP) is 4.74. The first-order valence-electron chi connectivity index (χ1n) is 7.29. The maximum atomic E-state index is 11.2. The van der Waals surface area contributed by atoms with Gasteiger partial charge < -0.3 is 0 Å². The molecule has 0 radical (unpaired) electrons. The Balaban J connectivity index is 2.01. The van der Waals surface area contributed by atoms with Crippen molar-refractivity contribution in [1.29, 1.82) is 0 Å². The molecule has 3 rings (SSSR count). The standard InChI is InChI=1S/C20H17NO/c1-14-12-17(16-6-4-3-5-7-16)13-15(2)20(14)21-18-8-10-19(22)11-9-18/h3-13H,1-2H3. The van der Waals surface area contributed by atoms with E-state index in [1.54, 1.807) is 24.3 Å². The van der Waals surface area contributed by atoms with Crippen LogP contribution in [0.25, 0.3) is 11.1 Å². The monoisotopic (exact) mass is 287 g/mol. The van der Waals surface area contributed by atoms with Gasteiger partial charge in [-0.05, 0) is 72.5 Å². The second kappa shape index (κ2) is 5.94. The number of hydrogen-bond acceptors (Lipinski definition) is 2. The molecule has 1 aliphatic carbocycles. The first kappa shape index (κ1) is 14.2. The van der Waals surface area contributed by atoms with E-state index >= 15 is 0 Å². The second-order valence-electron chi connectivity index (χ2n) is 5.43. The average molecular weight is 287 g/mol. The van der Waals surface area contributed by atoms with Crippen LogP contribution in [0.5, 0.6) is 0 Å². The highest BCUT2D eigenvalue weighted by Gasteiger charge is 2.07. The van der Waals surface area contributed by atoms with Crippen molar-refractivity contribution in [3.63, 3.8) is 0 Å². The van der Waals surface area contributed by atoms with Crippen molar-refractivity contribution in [3.05, 3.63) is 77.9 Å². The van der Waals surface area contributed by atoms with Crippen molar-refractivity contribution >= 4 is 17.2 Å². The van der Waals surface area contributed by atoms with Gasteiger partial charge >= 0.3 is 0 Å². The van der Waals surface area contributed by atoms with Crippen LogP contribution in [0.1, 0.15) is 11.1 Å². The summed E-state index contributed by atoms with van der Waals surface area (Å²) in [7, 11) is 0. The number of ketones is 1. The zero-order chi connectivity index (χ0) is 15.5. The summed E-state index contributed by atoms with van der Waals surface area (Å²) in [6.45, 7) is 4.14. The van der Waals surface area contributed by atoms with Crippen LogP contribution in [-0.2, 0) is 4.79 Å². The SMILES string of the molecule is Cc1cc(-c2ccccc2)cc(C)c1N=C1C=CC(=O)C=C1. The molecule has 0 saturated heterocycles. The van der Waals surface area contributed by atoms with Crippen molar-refractivity contribution in [2.24, 2.45) is 4.99 Å². The fraction of sp³-hybridized carbons (Fsp3) is 0.100. The predicted molar refractivity (Wildman–Crippen MR) is 91.7 cm³/mol. The fourth-order valence-corrected chi connectivity index (χ4v) is 2.58. The Morgan fingerprint density at radius 2 is 1.36 bits per heavy atom. The number of nitrogens with zero attached hydrogens (tertiary/aromatic N) is 1. The quantitative estimate of drug-likeness (QED) is 0.734. The fourth-order valence-electron chi connectivity index (χ4n) is 2.58. The van der Waals surface area contributed by atoms with Crippen LogP contribution in [0.15, 0.2) is 71.8 Å². The van der Waals surface area contributed by atoms with Crippen LogP contribution in [-0.4, -0.2) is 11.5 Å². The number of benzene rings is 2. The van der Waals surface area contributed by atoms with Crippen LogP contribution < -0.4 is 0 Å². The van der Waals surface area contributed by atoms with Gasteiger partial charge in [0.1, 0.15) is 0 Å². The normalized spacial score (nSPS) is 13.5. The molecule has 0 unspecified atom stereocenters. The minimum Gasteiger partial charge on any atom is -0.290 e. The number of aliphatic imine (C=N–C) groups is 1. The Bertz CT molecular complexity index is 770. The molecule has 2 aromatic rings. The summed E-state index contributed by atoms with van der Waals surface area (Å²) in [4.78, 5) is 15.8. The van der Waals surface area contributed by atoms with Gasteiger partial charge in [0, 0.05) is 0 Å². The molecule has 0 aliphatic heterocycles. The Hall–Kier alpha value is -2.74. The summed E-state index contributed by atoms with van der Waals surface area (Å²) in [5.41, 5.74) is 6.44. The van der Waals surface area contributed by atoms with E-state index in [0.29, 0.717) is 0 Å². The summed E-state index contributed by atoms with van der Waals surface area (Å²) >= 11 is 0. The van der Waals surface area contributed by atoms with E-state index in [2.05, 4.69) is 43.1 Å². The lowest BCUT2D eigenvalue weighted by Gasteiger charge is -2.10. The number of carbonyl (C=O) groups is 1. The molecule has 0 aromatic heterocycles. The van der Waals surface area contributed by atoms with Gasteiger partial charge in [-0.15, -0.1) is 0 Å². The van der Waals surface area contributed by atoms with Gasteiger partial charge in [0.25, 0.3) is 0 Å². The molecule has 0 atom stereocenters. The number of allylic oxidation sites excluding steroid dienone is 4. The van der Waals surface area contributed by atoms with Crippen molar-refractivity contribution in [1.82, 2.24) is 0 Å². The van der Waals surface area contributed by atoms with Crippen molar-refractivity contribution < 1.29 is 4.79 Å². The molecular weight excluding hydrogens is 270 g/mol. The molecular formula is C20H17NO. The van der Waals surface area contributed by atoms with E-state index in [9.17, 15) is 4.79 Å². The molecule has 0 N–H and O–H groups in total. The lowest BCUT2D eigenvalue weighted by molar-refractivity contribution is -0.110. The van der Waals surface area contributed by atoms with Crippen LogP contribution in [0.2, 0.25) is 0 Å². The number of carbonyl (C=O) groups excluding carboxylic acids is 1. The zero-order valence-electron chi connectivity index (χ0n) is 12.7. The van der Waals surface area contributed by atoms with Gasteiger partial charge in [-0.25, -0.2) is 4.99 Å². The van der Waals surface area contributed by atoms with Crippen molar-refractivity contribution in [3.8, 4) is 11.1 Å². The number of hydrogen-bond donors (Lipinski definition) is 0. The van der Waals surface area contributed by atoms with E-state index in [4.69, 9.17) is 0 Å². The van der Waals surface area contributed by atoms with Crippen LogP contribution >= 0.6 is 0 Å². The van der Waals surface area contributed by atoms with E-state index < -0.39 is 0 Å². The summed E-state index contributed by atoms with van der Waals surface area (Å²) < 4.78 is 0. The van der Waals surface area contributed by atoms with Crippen LogP contribution in [0.3, 0.4) is 0 Å². The van der Waals surface area contributed by atoms with E-state index in [1.807, 2.05) is 18.2 Å². The van der Waals surface area contributed by atoms with Gasteiger partial charge in [0.2, 0.25) is 0 Å². The molecule has 2 nitrogen and oxygen atoms in total. The number of rotatable bonds is 2. The molecule has 0 bridgehead atoms. The molecule has 0 saturated carbocycles.